The Balaban J connectivity index is 2.10. The van der Waals surface area contributed by atoms with E-state index in [0.717, 1.165) is 49.2 Å². The quantitative estimate of drug-likeness (QED) is 0.865. The van der Waals surface area contributed by atoms with E-state index in [1.165, 1.54) is 0 Å². The Bertz CT molecular complexity index is 590. The molecule has 1 aliphatic rings. The van der Waals surface area contributed by atoms with Gasteiger partial charge in [0.05, 0.1) is 38.8 Å². The molecule has 5 heteroatoms. The molecule has 1 fully saturated rings. The lowest BCUT2D eigenvalue weighted by Gasteiger charge is -2.31. The Morgan fingerprint density at radius 1 is 0.905 bits per heavy atom. The smallest absolute Gasteiger partial charge is 0.162 e. The third-order valence-electron chi connectivity index (χ3n) is 3.72. The second kappa shape index (κ2) is 6.10. The number of hydrogen-bond acceptors (Lipinski definition) is 4. The van der Waals surface area contributed by atoms with Crippen LogP contribution in [0.1, 0.15) is 0 Å². The van der Waals surface area contributed by atoms with E-state index in [4.69, 9.17) is 14.2 Å². The highest BCUT2D eigenvalue weighted by Gasteiger charge is 2.19. The number of aromatic nitrogens is 1. The number of nitrogens with zero attached hydrogens (tertiary/aromatic N) is 2. The van der Waals surface area contributed by atoms with Crippen molar-refractivity contribution in [3.63, 3.8) is 0 Å². The Kier molecular flexibility index (Phi) is 4.01. The average molecular weight is 288 g/mol. The van der Waals surface area contributed by atoms with Crippen molar-refractivity contribution in [3.05, 3.63) is 36.7 Å². The number of methoxy groups -OCH3 is 2. The van der Waals surface area contributed by atoms with E-state index < -0.39 is 0 Å². The van der Waals surface area contributed by atoms with Crippen LogP contribution in [0.15, 0.2) is 36.7 Å². The molecule has 0 atom stereocenters. The third kappa shape index (κ3) is 2.69. The van der Waals surface area contributed by atoms with Crippen LogP contribution in [0, 0.1) is 0 Å². The fraction of sp³-hybridized carbons (Fsp3) is 0.375. The largest absolute Gasteiger partial charge is 0.493 e. The highest BCUT2D eigenvalue weighted by atomic mass is 16.5. The molecule has 3 rings (SSSR count). The van der Waals surface area contributed by atoms with Gasteiger partial charge in [0.1, 0.15) is 0 Å². The molecule has 0 unspecified atom stereocenters. The van der Waals surface area contributed by atoms with Gasteiger partial charge in [-0.1, -0.05) is 0 Å². The minimum Gasteiger partial charge on any atom is -0.493 e. The molecule has 0 bridgehead atoms. The first-order chi connectivity index (χ1) is 10.3. The van der Waals surface area contributed by atoms with Crippen molar-refractivity contribution in [1.29, 1.82) is 0 Å². The van der Waals surface area contributed by atoms with E-state index in [1.807, 2.05) is 36.7 Å². The molecule has 1 saturated heterocycles. The monoisotopic (exact) mass is 288 g/mol. The Morgan fingerprint density at radius 2 is 1.48 bits per heavy atom. The third-order valence-corrected chi connectivity index (χ3v) is 3.72. The number of ether oxygens (including phenoxy) is 3. The van der Waals surface area contributed by atoms with Gasteiger partial charge in [0.2, 0.25) is 0 Å². The summed E-state index contributed by atoms with van der Waals surface area (Å²) in [5, 5.41) is 0. The molecule has 112 valence electrons. The topological polar surface area (TPSA) is 35.9 Å². The van der Waals surface area contributed by atoms with E-state index in [-0.39, 0.29) is 0 Å². The fourth-order valence-electron chi connectivity index (χ4n) is 2.62. The van der Waals surface area contributed by atoms with Gasteiger partial charge in [-0.3, -0.25) is 0 Å². The van der Waals surface area contributed by atoms with Crippen LogP contribution in [0.4, 0.5) is 5.69 Å². The molecule has 0 spiro atoms. The van der Waals surface area contributed by atoms with Crippen LogP contribution in [0.25, 0.3) is 5.69 Å². The first kappa shape index (κ1) is 13.8. The summed E-state index contributed by atoms with van der Waals surface area (Å²) in [6.07, 6.45) is 4.07. The van der Waals surface area contributed by atoms with Gasteiger partial charge in [-0.25, -0.2) is 0 Å². The molecule has 0 aliphatic carbocycles. The summed E-state index contributed by atoms with van der Waals surface area (Å²) < 4.78 is 18.4. The van der Waals surface area contributed by atoms with E-state index in [1.54, 1.807) is 14.2 Å². The summed E-state index contributed by atoms with van der Waals surface area (Å²) in [6, 6.07) is 8.09. The maximum atomic E-state index is 5.45. The van der Waals surface area contributed by atoms with Crippen LogP contribution >= 0.6 is 0 Å². The number of hydrogen-bond donors (Lipinski definition) is 0. The van der Waals surface area contributed by atoms with Gasteiger partial charge in [0.25, 0.3) is 0 Å². The fourth-order valence-corrected chi connectivity index (χ4v) is 2.62. The number of anilines is 1. The Hall–Kier alpha value is -2.14. The molecule has 2 heterocycles. The minimum absolute atomic E-state index is 0.734. The molecular weight excluding hydrogens is 268 g/mol. The van der Waals surface area contributed by atoms with Gasteiger partial charge in [0.15, 0.2) is 11.5 Å². The van der Waals surface area contributed by atoms with Crippen molar-refractivity contribution >= 4 is 5.69 Å². The summed E-state index contributed by atoms with van der Waals surface area (Å²) in [6.45, 7) is 3.26. The lowest BCUT2D eigenvalue weighted by Crippen LogP contribution is -2.36. The lowest BCUT2D eigenvalue weighted by molar-refractivity contribution is 0.122. The average Bonchev–Trinajstić information content (AvgIpc) is 3.08. The maximum absolute atomic E-state index is 5.45. The normalized spacial score (nSPS) is 15.0. The van der Waals surface area contributed by atoms with Crippen LogP contribution in [-0.2, 0) is 4.74 Å². The van der Waals surface area contributed by atoms with Crippen molar-refractivity contribution in [3.8, 4) is 17.2 Å². The first-order valence-electron chi connectivity index (χ1n) is 7.05. The Morgan fingerprint density at radius 3 is 2.05 bits per heavy atom. The summed E-state index contributed by atoms with van der Waals surface area (Å²) in [4.78, 5) is 2.32. The molecule has 0 N–H and O–H groups in total. The molecule has 1 aliphatic heterocycles. The van der Waals surface area contributed by atoms with Gasteiger partial charge in [-0.15, -0.1) is 0 Å². The number of benzene rings is 1. The number of morpholine rings is 1. The molecule has 1 aromatic heterocycles. The zero-order chi connectivity index (χ0) is 14.7. The minimum atomic E-state index is 0.734. The summed E-state index contributed by atoms with van der Waals surface area (Å²) >= 11 is 0. The van der Waals surface area contributed by atoms with Crippen LogP contribution in [-0.4, -0.2) is 45.1 Å². The second-order valence-electron chi connectivity index (χ2n) is 4.89. The molecule has 21 heavy (non-hydrogen) atoms. The predicted octanol–water partition coefficient (Wildman–Crippen LogP) is 2.33. The zero-order valence-corrected chi connectivity index (χ0v) is 12.4. The van der Waals surface area contributed by atoms with Crippen molar-refractivity contribution in [2.45, 2.75) is 0 Å². The van der Waals surface area contributed by atoms with Crippen LogP contribution in [0.5, 0.6) is 11.5 Å². The van der Waals surface area contributed by atoms with Crippen molar-refractivity contribution in [2.75, 3.05) is 45.4 Å². The van der Waals surface area contributed by atoms with Crippen LogP contribution < -0.4 is 14.4 Å². The summed E-state index contributed by atoms with van der Waals surface area (Å²) in [7, 11) is 3.32. The molecule has 0 amide bonds. The Labute approximate surface area is 124 Å². The molecule has 0 radical (unpaired) electrons. The molecule has 5 nitrogen and oxygen atoms in total. The van der Waals surface area contributed by atoms with Gasteiger partial charge in [-0.05, 0) is 12.1 Å². The first-order valence-corrected chi connectivity index (χ1v) is 7.05. The van der Waals surface area contributed by atoms with E-state index >= 15 is 0 Å². The highest BCUT2D eigenvalue weighted by molar-refractivity contribution is 5.69. The SMILES string of the molecule is COc1cc(N2CCOCC2)c(-n2cccc2)cc1OC. The van der Waals surface area contributed by atoms with Gasteiger partial charge in [0, 0.05) is 37.6 Å². The van der Waals surface area contributed by atoms with Gasteiger partial charge in [-0.2, -0.15) is 0 Å². The second-order valence-corrected chi connectivity index (χ2v) is 4.89. The molecule has 0 saturated carbocycles. The molecular formula is C16H20N2O3. The summed E-state index contributed by atoms with van der Waals surface area (Å²) in [5.41, 5.74) is 2.21. The van der Waals surface area contributed by atoms with Crippen molar-refractivity contribution < 1.29 is 14.2 Å². The highest BCUT2D eigenvalue weighted by Crippen LogP contribution is 2.37. The summed E-state index contributed by atoms with van der Waals surface area (Å²) in [5.74, 6) is 1.48. The van der Waals surface area contributed by atoms with Crippen molar-refractivity contribution in [1.82, 2.24) is 4.57 Å². The van der Waals surface area contributed by atoms with Gasteiger partial charge >= 0.3 is 0 Å². The van der Waals surface area contributed by atoms with Crippen LogP contribution in [0.3, 0.4) is 0 Å². The zero-order valence-electron chi connectivity index (χ0n) is 12.4. The van der Waals surface area contributed by atoms with Crippen LogP contribution in [0.2, 0.25) is 0 Å². The number of rotatable bonds is 4. The molecule has 2 aromatic rings. The van der Waals surface area contributed by atoms with Crippen molar-refractivity contribution in [2.24, 2.45) is 0 Å². The standard InChI is InChI=1S/C16H20N2O3/c1-19-15-11-13(17-5-3-4-6-17)14(12-16(15)20-2)18-7-9-21-10-8-18/h3-6,11-12H,7-10H2,1-2H3. The predicted molar refractivity (Wildman–Crippen MR) is 81.9 cm³/mol. The molecule has 1 aromatic carbocycles. The lowest BCUT2D eigenvalue weighted by atomic mass is 10.2. The maximum Gasteiger partial charge on any atom is 0.162 e. The van der Waals surface area contributed by atoms with E-state index in [2.05, 4.69) is 9.47 Å². The van der Waals surface area contributed by atoms with E-state index in [9.17, 15) is 0 Å². The van der Waals surface area contributed by atoms with E-state index in [0.29, 0.717) is 0 Å². The van der Waals surface area contributed by atoms with Gasteiger partial charge < -0.3 is 23.7 Å².